The molecule has 2 amide bonds. The van der Waals surface area contributed by atoms with Crippen LogP contribution in [0.4, 0.5) is 0 Å². The van der Waals surface area contributed by atoms with Gasteiger partial charge >= 0.3 is 5.97 Å². The molecule has 0 aromatic heterocycles. The van der Waals surface area contributed by atoms with E-state index in [4.69, 9.17) is 5.73 Å². The smallest absolute Gasteiger partial charge is 0.304 e. The highest BCUT2D eigenvalue weighted by atomic mass is 16.4. The molecule has 0 fully saturated rings. The first kappa shape index (κ1) is 36.1. The first-order valence-corrected chi connectivity index (χ1v) is 16.7. The van der Waals surface area contributed by atoms with Gasteiger partial charge in [0.25, 0.3) is 5.91 Å². The van der Waals surface area contributed by atoms with Crippen molar-refractivity contribution in [2.24, 2.45) is 11.7 Å². The van der Waals surface area contributed by atoms with E-state index in [0.717, 1.165) is 48.1 Å². The van der Waals surface area contributed by atoms with E-state index in [9.17, 15) is 19.5 Å². The lowest BCUT2D eigenvalue weighted by molar-refractivity contribution is -0.144. The van der Waals surface area contributed by atoms with Gasteiger partial charge in [-0.3, -0.25) is 14.4 Å². The number of aliphatic carboxylic acids is 1. The average Bonchev–Trinajstić information content (AvgIpc) is 3.22. The van der Waals surface area contributed by atoms with Gasteiger partial charge in [0.1, 0.15) is 0 Å². The molecular weight excluding hydrogens is 600 g/mol. The van der Waals surface area contributed by atoms with Crippen molar-refractivity contribution in [3.05, 3.63) is 142 Å². The SMILES string of the molecule is CNCc1ccc(CN)cc1.Cc1cc2c(cc1CCCNC(=O)c1ccccc1)CN(CCc1ccccc1)C(=O)C(CC(=O)O)C2. The van der Waals surface area contributed by atoms with Crippen LogP contribution in [-0.2, 0) is 48.5 Å². The second kappa shape index (κ2) is 18.5. The maximum absolute atomic E-state index is 13.4. The number of carbonyl (C=O) groups is 3. The van der Waals surface area contributed by atoms with Crippen LogP contribution in [0.1, 0.15) is 62.1 Å². The van der Waals surface area contributed by atoms with Crippen molar-refractivity contribution in [2.45, 2.75) is 58.7 Å². The molecule has 8 nitrogen and oxygen atoms in total. The Hall–Kier alpha value is -4.79. The van der Waals surface area contributed by atoms with Gasteiger partial charge in [-0.15, -0.1) is 0 Å². The Morgan fingerprint density at radius 1 is 0.875 bits per heavy atom. The number of fused-ring (bicyclic) bond motifs is 1. The number of carbonyl (C=O) groups excluding carboxylic acids is 2. The summed E-state index contributed by atoms with van der Waals surface area (Å²) in [6.07, 6.45) is 2.61. The molecule has 0 spiro atoms. The molecule has 0 radical (unpaired) electrons. The summed E-state index contributed by atoms with van der Waals surface area (Å²) in [6, 6.07) is 31.8. The zero-order valence-electron chi connectivity index (χ0n) is 28.1. The van der Waals surface area contributed by atoms with Crippen LogP contribution < -0.4 is 16.4 Å². The quantitative estimate of drug-likeness (QED) is 0.143. The van der Waals surface area contributed by atoms with Gasteiger partial charge < -0.3 is 26.4 Å². The van der Waals surface area contributed by atoms with Gasteiger partial charge in [-0.05, 0) is 90.7 Å². The number of carboxylic acid groups (broad SMARTS) is 1. The molecule has 5 N–H and O–H groups in total. The maximum atomic E-state index is 13.4. The Kier molecular flexibility index (Phi) is 13.9. The molecule has 0 saturated carbocycles. The molecule has 252 valence electrons. The molecular formula is C40H48N4O4. The molecule has 1 heterocycles. The summed E-state index contributed by atoms with van der Waals surface area (Å²) < 4.78 is 0. The third kappa shape index (κ3) is 10.9. The topological polar surface area (TPSA) is 125 Å². The van der Waals surface area contributed by atoms with E-state index in [1.54, 1.807) is 12.1 Å². The molecule has 0 saturated heterocycles. The van der Waals surface area contributed by atoms with Crippen LogP contribution in [0.3, 0.4) is 0 Å². The normalized spacial score (nSPS) is 13.9. The Labute approximate surface area is 284 Å². The molecule has 5 rings (SSSR count). The van der Waals surface area contributed by atoms with Gasteiger partial charge in [0.2, 0.25) is 5.91 Å². The monoisotopic (exact) mass is 648 g/mol. The van der Waals surface area contributed by atoms with Crippen molar-refractivity contribution in [3.63, 3.8) is 0 Å². The first-order chi connectivity index (χ1) is 23.3. The largest absolute Gasteiger partial charge is 0.481 e. The summed E-state index contributed by atoms with van der Waals surface area (Å²) in [4.78, 5) is 39.0. The van der Waals surface area contributed by atoms with Gasteiger partial charge in [-0.2, -0.15) is 0 Å². The van der Waals surface area contributed by atoms with Crippen LogP contribution in [0.2, 0.25) is 0 Å². The molecule has 1 unspecified atom stereocenters. The third-order valence-electron chi connectivity index (χ3n) is 8.66. The lowest BCUT2D eigenvalue weighted by Gasteiger charge is -2.24. The second-order valence-corrected chi connectivity index (χ2v) is 12.3. The lowest BCUT2D eigenvalue weighted by Crippen LogP contribution is -2.37. The van der Waals surface area contributed by atoms with E-state index in [1.165, 1.54) is 16.7 Å². The van der Waals surface area contributed by atoms with Crippen molar-refractivity contribution in [2.75, 3.05) is 20.1 Å². The van der Waals surface area contributed by atoms with Crippen LogP contribution in [-0.4, -0.2) is 47.9 Å². The molecule has 0 bridgehead atoms. The van der Waals surface area contributed by atoms with Gasteiger partial charge in [0.15, 0.2) is 0 Å². The van der Waals surface area contributed by atoms with E-state index in [0.29, 0.717) is 38.2 Å². The van der Waals surface area contributed by atoms with Crippen LogP contribution in [0.25, 0.3) is 0 Å². The highest BCUT2D eigenvalue weighted by Crippen LogP contribution is 2.28. The Bertz CT molecular complexity index is 1620. The molecule has 48 heavy (non-hydrogen) atoms. The van der Waals surface area contributed by atoms with E-state index in [2.05, 4.69) is 54.0 Å². The van der Waals surface area contributed by atoms with Gasteiger partial charge in [0, 0.05) is 38.3 Å². The number of benzene rings is 4. The van der Waals surface area contributed by atoms with E-state index < -0.39 is 11.9 Å². The minimum absolute atomic E-state index is 0.0729. The molecule has 1 atom stereocenters. The van der Waals surface area contributed by atoms with Crippen LogP contribution in [0.5, 0.6) is 0 Å². The number of hydrogen-bond donors (Lipinski definition) is 4. The fourth-order valence-corrected chi connectivity index (χ4v) is 6.00. The zero-order chi connectivity index (χ0) is 34.3. The summed E-state index contributed by atoms with van der Waals surface area (Å²) in [7, 11) is 1.94. The molecule has 4 aromatic carbocycles. The van der Waals surface area contributed by atoms with E-state index in [-0.39, 0.29) is 18.2 Å². The Morgan fingerprint density at radius 3 is 2.19 bits per heavy atom. The Balaban J connectivity index is 0.000000401. The number of rotatable bonds is 13. The molecule has 0 aliphatic carbocycles. The van der Waals surface area contributed by atoms with Crippen molar-refractivity contribution >= 4 is 17.8 Å². The van der Waals surface area contributed by atoms with Crippen molar-refractivity contribution in [3.8, 4) is 0 Å². The minimum atomic E-state index is -0.948. The highest BCUT2D eigenvalue weighted by Gasteiger charge is 2.31. The van der Waals surface area contributed by atoms with Crippen molar-refractivity contribution in [1.29, 1.82) is 0 Å². The summed E-state index contributed by atoms with van der Waals surface area (Å²) in [5, 5.41) is 15.5. The van der Waals surface area contributed by atoms with Gasteiger partial charge in [-0.25, -0.2) is 0 Å². The van der Waals surface area contributed by atoms with Crippen LogP contribution >= 0.6 is 0 Å². The maximum Gasteiger partial charge on any atom is 0.304 e. The summed E-state index contributed by atoms with van der Waals surface area (Å²) >= 11 is 0. The van der Waals surface area contributed by atoms with Crippen molar-refractivity contribution < 1.29 is 19.5 Å². The Morgan fingerprint density at radius 2 is 1.54 bits per heavy atom. The van der Waals surface area contributed by atoms with E-state index >= 15 is 0 Å². The average molecular weight is 649 g/mol. The fraction of sp³-hybridized carbons (Fsp3) is 0.325. The van der Waals surface area contributed by atoms with Crippen LogP contribution in [0.15, 0.2) is 97.1 Å². The number of nitrogens with zero attached hydrogens (tertiary/aromatic N) is 1. The molecule has 4 aromatic rings. The number of carboxylic acids is 1. The number of nitrogens with two attached hydrogens (primary N) is 1. The fourth-order valence-electron chi connectivity index (χ4n) is 6.00. The standard InChI is InChI=1S/C31H34N2O4.C9H14N2/c1-22-17-26-19-27(20-29(34)35)31(37)33(16-14-23-9-4-2-5-10-23)21-28(26)18-25(22)13-8-15-32-30(36)24-11-6-3-7-12-24;1-11-7-9-4-2-8(6-10)3-5-9/h2-7,9-12,17-18,27H,8,13-16,19-21H2,1H3,(H,32,36)(H,34,35);2-5,11H,6-7,10H2,1H3. The summed E-state index contributed by atoms with van der Waals surface area (Å²) in [5.41, 5.74) is 14.2. The molecule has 1 aliphatic heterocycles. The van der Waals surface area contributed by atoms with Gasteiger partial charge in [-0.1, -0.05) is 84.9 Å². The van der Waals surface area contributed by atoms with E-state index in [1.807, 2.05) is 60.5 Å². The number of hydrogen-bond acceptors (Lipinski definition) is 5. The first-order valence-electron chi connectivity index (χ1n) is 16.7. The highest BCUT2D eigenvalue weighted by molar-refractivity contribution is 5.94. The lowest BCUT2D eigenvalue weighted by atomic mass is 9.90. The zero-order valence-corrected chi connectivity index (χ0v) is 28.1. The van der Waals surface area contributed by atoms with Crippen molar-refractivity contribution in [1.82, 2.24) is 15.5 Å². The second-order valence-electron chi connectivity index (χ2n) is 12.3. The minimum Gasteiger partial charge on any atom is -0.481 e. The molecule has 8 heteroatoms. The number of nitrogens with one attached hydrogen (secondary N) is 2. The van der Waals surface area contributed by atoms with Gasteiger partial charge in [0.05, 0.1) is 12.3 Å². The summed E-state index contributed by atoms with van der Waals surface area (Å²) in [5.74, 6) is -1.67. The number of amides is 2. The number of aryl methyl sites for hydroxylation is 2. The van der Waals surface area contributed by atoms with Crippen LogP contribution in [0, 0.1) is 12.8 Å². The predicted octanol–water partition coefficient (Wildman–Crippen LogP) is 5.44. The third-order valence-corrected chi connectivity index (χ3v) is 8.66. The molecule has 1 aliphatic rings. The predicted molar refractivity (Wildman–Crippen MR) is 190 cm³/mol. The summed E-state index contributed by atoms with van der Waals surface area (Å²) in [6.45, 7) is 5.21.